The molecule has 0 radical (unpaired) electrons. The van der Waals surface area contributed by atoms with Crippen molar-refractivity contribution in [2.75, 3.05) is 28.4 Å². The summed E-state index contributed by atoms with van der Waals surface area (Å²) in [6, 6.07) is 7.25. The molecule has 168 valence electrons. The number of nitrogens with one attached hydrogen (secondary N) is 2. The highest BCUT2D eigenvalue weighted by Crippen LogP contribution is 2.41. The van der Waals surface area contributed by atoms with Gasteiger partial charge in [0, 0.05) is 0 Å². The average molecular weight is 443 g/mol. The second kappa shape index (κ2) is 9.25. The lowest BCUT2D eigenvalue weighted by Gasteiger charge is -2.29. The second-order valence-corrected chi connectivity index (χ2v) is 6.56. The maximum Gasteiger partial charge on any atom is 0.338 e. The standard InChI is InChI=1S/C21H21N3O8/c1-29-12-7-5-11(6-8-12)18-17(20(25)32-4)19(23-21(26)22-18)13-9-15(30-2)16(31-3)10-14(13)24(27)28/h5-10,19H,1-4H3,(H2,22,23,26). The number of amides is 2. The molecule has 0 fully saturated rings. The Bertz CT molecular complexity index is 1090. The van der Waals surface area contributed by atoms with Crippen LogP contribution in [-0.2, 0) is 9.53 Å². The predicted octanol–water partition coefficient (Wildman–Crippen LogP) is 2.56. The molecule has 0 saturated carbocycles. The van der Waals surface area contributed by atoms with Gasteiger partial charge in [0.2, 0.25) is 0 Å². The molecule has 1 atom stereocenters. The van der Waals surface area contributed by atoms with Gasteiger partial charge in [0.15, 0.2) is 11.5 Å². The van der Waals surface area contributed by atoms with E-state index in [1.54, 1.807) is 24.3 Å². The van der Waals surface area contributed by atoms with Gasteiger partial charge in [-0.1, -0.05) is 0 Å². The first-order chi connectivity index (χ1) is 15.3. The molecule has 2 N–H and O–H groups in total. The SMILES string of the molecule is COC(=O)C1=C(c2ccc(OC)cc2)NC(=O)NC1c1cc(OC)c(OC)cc1[N+](=O)[O-]. The normalized spacial score (nSPS) is 15.4. The van der Waals surface area contributed by atoms with Crippen molar-refractivity contribution >= 4 is 23.4 Å². The van der Waals surface area contributed by atoms with Crippen LogP contribution in [0.4, 0.5) is 10.5 Å². The van der Waals surface area contributed by atoms with Crippen molar-refractivity contribution in [3.05, 3.63) is 63.2 Å². The number of rotatable bonds is 7. The Kier molecular flexibility index (Phi) is 6.47. The molecule has 0 aromatic heterocycles. The summed E-state index contributed by atoms with van der Waals surface area (Å²) in [4.78, 5) is 36.5. The van der Waals surface area contributed by atoms with Crippen molar-refractivity contribution in [2.24, 2.45) is 0 Å². The number of ether oxygens (including phenoxy) is 4. The molecule has 0 aliphatic carbocycles. The highest BCUT2D eigenvalue weighted by Gasteiger charge is 2.38. The minimum Gasteiger partial charge on any atom is -0.497 e. The summed E-state index contributed by atoms with van der Waals surface area (Å²) in [7, 11) is 5.40. The van der Waals surface area contributed by atoms with Gasteiger partial charge in [0.05, 0.1) is 62.3 Å². The van der Waals surface area contributed by atoms with Crippen molar-refractivity contribution < 1.29 is 33.5 Å². The van der Waals surface area contributed by atoms with Crippen LogP contribution < -0.4 is 24.8 Å². The number of nitro benzene ring substituents is 1. The molecule has 1 heterocycles. The minimum atomic E-state index is -1.20. The topological polar surface area (TPSA) is 138 Å². The highest BCUT2D eigenvalue weighted by atomic mass is 16.6. The molecule has 32 heavy (non-hydrogen) atoms. The summed E-state index contributed by atoms with van der Waals surface area (Å²) < 4.78 is 20.5. The number of carbonyl (C=O) groups is 2. The third kappa shape index (κ3) is 4.13. The van der Waals surface area contributed by atoms with E-state index in [1.165, 1.54) is 40.6 Å². The van der Waals surface area contributed by atoms with Crippen molar-refractivity contribution in [1.82, 2.24) is 10.6 Å². The number of hydrogen-bond acceptors (Lipinski definition) is 8. The molecule has 0 spiro atoms. The van der Waals surface area contributed by atoms with Crippen molar-refractivity contribution in [1.29, 1.82) is 0 Å². The maximum absolute atomic E-state index is 12.8. The molecule has 3 rings (SSSR count). The molecule has 11 heteroatoms. The monoisotopic (exact) mass is 443 g/mol. The average Bonchev–Trinajstić information content (AvgIpc) is 2.81. The quantitative estimate of drug-likeness (QED) is 0.378. The Morgan fingerprint density at radius 2 is 1.62 bits per heavy atom. The van der Waals surface area contributed by atoms with Crippen LogP contribution in [0.2, 0.25) is 0 Å². The van der Waals surface area contributed by atoms with E-state index in [0.29, 0.717) is 11.3 Å². The molecular weight excluding hydrogens is 422 g/mol. The number of hydrogen-bond donors (Lipinski definition) is 2. The van der Waals surface area contributed by atoms with Crippen molar-refractivity contribution in [3.63, 3.8) is 0 Å². The van der Waals surface area contributed by atoms with Gasteiger partial charge in [0.25, 0.3) is 5.69 Å². The van der Waals surface area contributed by atoms with Crippen LogP contribution in [-0.4, -0.2) is 45.4 Å². The Morgan fingerprint density at radius 3 is 2.16 bits per heavy atom. The first kappa shape index (κ1) is 22.4. The molecule has 2 aromatic rings. The molecule has 11 nitrogen and oxygen atoms in total. The third-order valence-corrected chi connectivity index (χ3v) is 4.90. The number of nitro groups is 1. The molecule has 1 aliphatic heterocycles. The lowest BCUT2D eigenvalue weighted by atomic mass is 9.91. The number of nitrogens with zero attached hydrogens (tertiary/aromatic N) is 1. The van der Waals surface area contributed by atoms with E-state index in [0.717, 1.165) is 0 Å². The van der Waals surface area contributed by atoms with E-state index in [9.17, 15) is 19.7 Å². The summed E-state index contributed by atoms with van der Waals surface area (Å²) in [6.45, 7) is 0. The molecule has 0 saturated heterocycles. The number of methoxy groups -OCH3 is 4. The molecule has 2 aromatic carbocycles. The molecule has 0 bridgehead atoms. The zero-order valence-electron chi connectivity index (χ0n) is 17.8. The number of carbonyl (C=O) groups excluding carboxylic acids is 2. The Morgan fingerprint density at radius 1 is 1.00 bits per heavy atom. The van der Waals surface area contributed by atoms with Crippen LogP contribution in [0.1, 0.15) is 17.2 Å². The summed E-state index contributed by atoms with van der Waals surface area (Å²) >= 11 is 0. The highest BCUT2D eigenvalue weighted by molar-refractivity contribution is 6.04. The summed E-state index contributed by atoms with van der Waals surface area (Å²) in [5.74, 6) is 0.108. The fraction of sp³-hybridized carbons (Fsp3) is 0.238. The predicted molar refractivity (Wildman–Crippen MR) is 113 cm³/mol. The van der Waals surface area contributed by atoms with E-state index >= 15 is 0 Å². The summed E-state index contributed by atoms with van der Waals surface area (Å²) in [5, 5.41) is 17.0. The van der Waals surface area contributed by atoms with E-state index in [2.05, 4.69) is 10.6 Å². The Balaban J connectivity index is 2.29. The number of urea groups is 1. The zero-order valence-corrected chi connectivity index (χ0v) is 17.8. The van der Waals surface area contributed by atoms with E-state index < -0.39 is 23.0 Å². The van der Waals surface area contributed by atoms with Crippen molar-refractivity contribution in [2.45, 2.75) is 6.04 Å². The Labute approximate surface area is 183 Å². The number of esters is 1. The smallest absolute Gasteiger partial charge is 0.338 e. The van der Waals surface area contributed by atoms with Gasteiger partial charge < -0.3 is 29.6 Å². The molecule has 1 aliphatic rings. The number of benzene rings is 2. The van der Waals surface area contributed by atoms with E-state index in [-0.39, 0.29) is 34.0 Å². The lowest BCUT2D eigenvalue weighted by molar-refractivity contribution is -0.385. The van der Waals surface area contributed by atoms with Crippen LogP contribution in [0.15, 0.2) is 42.0 Å². The van der Waals surface area contributed by atoms with E-state index in [1.807, 2.05) is 0 Å². The maximum atomic E-state index is 12.8. The van der Waals surface area contributed by atoms with Crippen LogP contribution in [0.3, 0.4) is 0 Å². The van der Waals surface area contributed by atoms with Crippen molar-refractivity contribution in [3.8, 4) is 17.2 Å². The van der Waals surface area contributed by atoms with Gasteiger partial charge in [-0.15, -0.1) is 0 Å². The Hall–Kier alpha value is -4.28. The second-order valence-electron chi connectivity index (χ2n) is 6.56. The molecular formula is C21H21N3O8. The summed E-state index contributed by atoms with van der Waals surface area (Å²) in [5.41, 5.74) is 0.262. The van der Waals surface area contributed by atoms with Crippen LogP contribution in [0.5, 0.6) is 17.2 Å². The molecule has 2 amide bonds. The van der Waals surface area contributed by atoms with Gasteiger partial charge in [-0.05, 0) is 35.9 Å². The first-order valence-electron chi connectivity index (χ1n) is 9.29. The van der Waals surface area contributed by atoms with Crippen LogP contribution in [0, 0.1) is 10.1 Å². The summed E-state index contributed by atoms with van der Waals surface area (Å²) in [6.07, 6.45) is 0. The third-order valence-electron chi connectivity index (χ3n) is 4.90. The van der Waals surface area contributed by atoms with Crippen LogP contribution in [0.25, 0.3) is 5.70 Å². The van der Waals surface area contributed by atoms with Gasteiger partial charge in [-0.3, -0.25) is 10.1 Å². The van der Waals surface area contributed by atoms with Gasteiger partial charge >= 0.3 is 12.0 Å². The van der Waals surface area contributed by atoms with Gasteiger partial charge in [0.1, 0.15) is 5.75 Å². The fourth-order valence-electron chi connectivity index (χ4n) is 3.39. The van der Waals surface area contributed by atoms with Gasteiger partial charge in [-0.2, -0.15) is 0 Å². The lowest BCUT2D eigenvalue weighted by Crippen LogP contribution is -2.45. The first-order valence-corrected chi connectivity index (χ1v) is 9.29. The minimum absolute atomic E-state index is 0.0208. The zero-order chi connectivity index (χ0) is 23.4. The largest absolute Gasteiger partial charge is 0.497 e. The fourth-order valence-corrected chi connectivity index (χ4v) is 3.39. The molecule has 1 unspecified atom stereocenters. The van der Waals surface area contributed by atoms with Crippen LogP contribution >= 0.6 is 0 Å². The van der Waals surface area contributed by atoms with Gasteiger partial charge in [-0.25, -0.2) is 9.59 Å². The van der Waals surface area contributed by atoms with E-state index in [4.69, 9.17) is 18.9 Å².